The van der Waals surface area contributed by atoms with Gasteiger partial charge in [-0.2, -0.15) is 0 Å². The van der Waals surface area contributed by atoms with Crippen LogP contribution in [0.25, 0.3) is 0 Å². The zero-order valence-electron chi connectivity index (χ0n) is 19.9. The molecule has 1 fully saturated rings. The van der Waals surface area contributed by atoms with Crippen LogP contribution in [0.4, 0.5) is 8.78 Å². The van der Waals surface area contributed by atoms with Crippen molar-refractivity contribution in [1.29, 1.82) is 0 Å². The number of hydrogen-bond donors (Lipinski definition) is 1. The van der Waals surface area contributed by atoms with Crippen LogP contribution in [0, 0.1) is 17.6 Å². The fourth-order valence-electron chi connectivity index (χ4n) is 4.44. The van der Waals surface area contributed by atoms with Crippen LogP contribution in [0.3, 0.4) is 0 Å². The van der Waals surface area contributed by atoms with Crippen LogP contribution in [0.1, 0.15) is 51.3 Å². The Bertz CT molecular complexity index is 811. The molecule has 1 aliphatic heterocycles. The number of nitrogens with one attached hydrogen (secondary N) is 1. The summed E-state index contributed by atoms with van der Waals surface area (Å²) in [6.07, 6.45) is 0.811. The molecule has 0 spiro atoms. The van der Waals surface area contributed by atoms with Gasteiger partial charge in [0.1, 0.15) is 11.6 Å². The van der Waals surface area contributed by atoms with Crippen molar-refractivity contribution < 1.29 is 13.6 Å². The summed E-state index contributed by atoms with van der Waals surface area (Å²) in [6, 6.07) is 12.9. The SMILES string of the molecule is CC(C)CC(NC(C)C)C(=O)N1CCN(C(c2ccc(F)cc2)c2ccc(F)cc2)CC1.Cl. The van der Waals surface area contributed by atoms with Gasteiger partial charge in [0.05, 0.1) is 12.1 Å². The van der Waals surface area contributed by atoms with Crippen molar-refractivity contribution in [2.45, 2.75) is 52.2 Å². The first kappa shape index (κ1) is 27.2. The first-order valence-corrected chi connectivity index (χ1v) is 11.5. The van der Waals surface area contributed by atoms with Crippen molar-refractivity contribution in [2.75, 3.05) is 26.2 Å². The van der Waals surface area contributed by atoms with Crippen LogP contribution in [-0.2, 0) is 4.79 Å². The molecule has 1 saturated heterocycles. The number of benzene rings is 2. The quantitative estimate of drug-likeness (QED) is 0.576. The number of halogens is 3. The maximum atomic E-state index is 13.5. The van der Waals surface area contributed by atoms with Crippen LogP contribution < -0.4 is 5.32 Å². The third-order valence-electron chi connectivity index (χ3n) is 5.90. The van der Waals surface area contributed by atoms with Gasteiger partial charge in [0.15, 0.2) is 0 Å². The lowest BCUT2D eigenvalue weighted by Gasteiger charge is -2.41. The van der Waals surface area contributed by atoms with E-state index >= 15 is 0 Å². The second-order valence-corrected chi connectivity index (χ2v) is 9.37. The second kappa shape index (κ2) is 12.4. The Morgan fingerprint density at radius 1 is 0.848 bits per heavy atom. The minimum atomic E-state index is -0.282. The van der Waals surface area contributed by atoms with Gasteiger partial charge in [-0.05, 0) is 47.7 Å². The first-order chi connectivity index (χ1) is 15.2. The molecule has 0 aliphatic carbocycles. The highest BCUT2D eigenvalue weighted by molar-refractivity contribution is 5.85. The number of hydrogen-bond acceptors (Lipinski definition) is 3. The predicted octanol–water partition coefficient (Wildman–Crippen LogP) is 5.03. The lowest BCUT2D eigenvalue weighted by atomic mass is 9.96. The minimum Gasteiger partial charge on any atom is -0.339 e. The summed E-state index contributed by atoms with van der Waals surface area (Å²) >= 11 is 0. The molecule has 1 N–H and O–H groups in total. The van der Waals surface area contributed by atoms with E-state index in [1.54, 1.807) is 24.3 Å². The number of carbonyl (C=O) groups excluding carboxylic acids is 1. The molecule has 1 aliphatic rings. The maximum absolute atomic E-state index is 13.5. The highest BCUT2D eigenvalue weighted by atomic mass is 35.5. The molecule has 1 heterocycles. The number of piperazine rings is 1. The molecule has 1 amide bonds. The van der Waals surface area contributed by atoms with Crippen LogP contribution in [0.5, 0.6) is 0 Å². The van der Waals surface area contributed by atoms with Crippen molar-refractivity contribution >= 4 is 18.3 Å². The van der Waals surface area contributed by atoms with E-state index in [4.69, 9.17) is 0 Å². The van der Waals surface area contributed by atoms with Crippen molar-refractivity contribution in [2.24, 2.45) is 5.92 Å². The van der Waals surface area contributed by atoms with Crippen LogP contribution >= 0.6 is 12.4 Å². The van der Waals surface area contributed by atoms with Gasteiger partial charge in [0.2, 0.25) is 5.91 Å². The Morgan fingerprint density at radius 2 is 1.30 bits per heavy atom. The van der Waals surface area contributed by atoms with E-state index in [0.29, 0.717) is 32.1 Å². The molecule has 33 heavy (non-hydrogen) atoms. The maximum Gasteiger partial charge on any atom is 0.239 e. The monoisotopic (exact) mass is 479 g/mol. The Hall–Kier alpha value is -2.02. The molecule has 1 unspecified atom stereocenters. The topological polar surface area (TPSA) is 35.6 Å². The summed E-state index contributed by atoms with van der Waals surface area (Å²) in [7, 11) is 0. The van der Waals surface area contributed by atoms with Crippen LogP contribution in [0.2, 0.25) is 0 Å². The Kier molecular flexibility index (Phi) is 10.3. The molecular weight excluding hydrogens is 444 g/mol. The van der Waals surface area contributed by atoms with Crippen LogP contribution in [-0.4, -0.2) is 54.0 Å². The van der Waals surface area contributed by atoms with Gasteiger partial charge in [0, 0.05) is 32.2 Å². The van der Waals surface area contributed by atoms with Crippen molar-refractivity contribution in [3.05, 3.63) is 71.3 Å². The highest BCUT2D eigenvalue weighted by Crippen LogP contribution is 2.30. The zero-order chi connectivity index (χ0) is 23.3. The predicted molar refractivity (Wildman–Crippen MR) is 132 cm³/mol. The molecule has 2 aromatic rings. The standard InChI is InChI=1S/C26H35F2N3O.ClH/c1-18(2)17-24(29-19(3)4)26(32)31-15-13-30(14-16-31)25(20-5-9-22(27)10-6-20)21-7-11-23(28)12-8-21;/h5-12,18-19,24-25,29H,13-17H2,1-4H3;1H. The van der Waals surface area contributed by atoms with E-state index < -0.39 is 0 Å². The average molecular weight is 480 g/mol. The van der Waals surface area contributed by atoms with E-state index in [9.17, 15) is 13.6 Å². The Morgan fingerprint density at radius 3 is 1.70 bits per heavy atom. The van der Waals surface area contributed by atoms with E-state index in [1.165, 1.54) is 24.3 Å². The summed E-state index contributed by atoms with van der Waals surface area (Å²) in [6.45, 7) is 11.1. The normalized spacial score (nSPS) is 15.7. The van der Waals surface area contributed by atoms with Gasteiger partial charge in [-0.15, -0.1) is 12.4 Å². The molecule has 0 bridgehead atoms. The molecule has 1 atom stereocenters. The Balaban J connectivity index is 0.00000385. The molecule has 182 valence electrons. The van der Waals surface area contributed by atoms with Gasteiger partial charge >= 0.3 is 0 Å². The second-order valence-electron chi connectivity index (χ2n) is 9.37. The van der Waals surface area contributed by atoms with E-state index in [0.717, 1.165) is 17.5 Å². The summed E-state index contributed by atoms with van der Waals surface area (Å²) in [5.41, 5.74) is 1.91. The fourth-order valence-corrected chi connectivity index (χ4v) is 4.44. The third-order valence-corrected chi connectivity index (χ3v) is 5.90. The van der Waals surface area contributed by atoms with Gasteiger partial charge in [0.25, 0.3) is 0 Å². The smallest absolute Gasteiger partial charge is 0.239 e. The van der Waals surface area contributed by atoms with Gasteiger partial charge < -0.3 is 10.2 Å². The summed E-state index contributed by atoms with van der Waals surface area (Å²) in [4.78, 5) is 17.5. The number of amides is 1. The summed E-state index contributed by atoms with van der Waals surface area (Å²) in [5, 5.41) is 3.43. The zero-order valence-corrected chi connectivity index (χ0v) is 20.7. The number of carbonyl (C=O) groups is 1. The molecule has 0 radical (unpaired) electrons. The van der Waals surface area contributed by atoms with Gasteiger partial charge in [-0.25, -0.2) is 8.78 Å². The summed E-state index contributed by atoms with van der Waals surface area (Å²) < 4.78 is 27.1. The minimum absolute atomic E-state index is 0. The van der Waals surface area contributed by atoms with Crippen molar-refractivity contribution in [3.8, 4) is 0 Å². The molecule has 4 nitrogen and oxygen atoms in total. The van der Waals surface area contributed by atoms with Gasteiger partial charge in [-0.3, -0.25) is 9.69 Å². The van der Waals surface area contributed by atoms with Crippen LogP contribution in [0.15, 0.2) is 48.5 Å². The van der Waals surface area contributed by atoms with E-state index in [-0.39, 0.29) is 48.1 Å². The fraction of sp³-hybridized carbons (Fsp3) is 0.500. The van der Waals surface area contributed by atoms with Crippen molar-refractivity contribution in [3.63, 3.8) is 0 Å². The molecule has 7 heteroatoms. The Labute approximate surface area is 202 Å². The summed E-state index contributed by atoms with van der Waals surface area (Å²) in [5.74, 6) is 0.0247. The molecule has 3 rings (SSSR count). The average Bonchev–Trinajstić information content (AvgIpc) is 2.75. The lowest BCUT2D eigenvalue weighted by Crippen LogP contribution is -2.55. The number of rotatable bonds is 8. The van der Waals surface area contributed by atoms with E-state index in [1.807, 2.05) is 4.90 Å². The first-order valence-electron chi connectivity index (χ1n) is 11.5. The van der Waals surface area contributed by atoms with Crippen molar-refractivity contribution in [1.82, 2.24) is 15.1 Å². The molecule has 0 saturated carbocycles. The highest BCUT2D eigenvalue weighted by Gasteiger charge is 2.31. The molecule has 0 aromatic heterocycles. The largest absolute Gasteiger partial charge is 0.339 e. The lowest BCUT2D eigenvalue weighted by molar-refractivity contribution is -0.136. The number of nitrogens with zero attached hydrogens (tertiary/aromatic N) is 2. The van der Waals surface area contributed by atoms with E-state index in [2.05, 4.69) is 37.9 Å². The molecular formula is C26H36ClF2N3O. The third kappa shape index (κ3) is 7.49. The molecule has 2 aromatic carbocycles. The van der Waals surface area contributed by atoms with Gasteiger partial charge in [-0.1, -0.05) is 52.0 Å².